The topological polar surface area (TPSA) is 103 Å². The molecule has 9 nitrogen and oxygen atoms in total. The first-order chi connectivity index (χ1) is 17.9. The summed E-state index contributed by atoms with van der Waals surface area (Å²) in [5.74, 6) is 0.831. The fraction of sp³-hybridized carbons (Fsp3) is 0.143. The Labute approximate surface area is 213 Å². The SMILES string of the molecule is COc1ccccc1-c1nc2cc(C(=O)NCc3ccc(-n4cccn4)cc3)cc(NC(C)=O)c2n1C. The number of ether oxygens (including phenoxy) is 1. The second-order valence-electron chi connectivity index (χ2n) is 8.57. The highest BCUT2D eigenvalue weighted by molar-refractivity contribution is 6.05. The molecule has 37 heavy (non-hydrogen) atoms. The average molecular weight is 495 g/mol. The van der Waals surface area contributed by atoms with Crippen LogP contribution in [0.2, 0.25) is 0 Å². The number of methoxy groups -OCH3 is 1. The summed E-state index contributed by atoms with van der Waals surface area (Å²) in [5.41, 5.74) is 4.89. The molecule has 0 spiro atoms. The minimum atomic E-state index is -0.269. The van der Waals surface area contributed by atoms with E-state index in [1.54, 1.807) is 30.1 Å². The molecule has 5 rings (SSSR count). The molecule has 0 bridgehead atoms. The number of aromatic nitrogens is 4. The highest BCUT2D eigenvalue weighted by Crippen LogP contribution is 2.34. The molecule has 0 aliphatic rings. The Bertz CT molecular complexity index is 1590. The van der Waals surface area contributed by atoms with Gasteiger partial charge in [-0.3, -0.25) is 9.59 Å². The fourth-order valence-corrected chi connectivity index (χ4v) is 4.31. The Morgan fingerprint density at radius 3 is 2.51 bits per heavy atom. The smallest absolute Gasteiger partial charge is 0.251 e. The van der Waals surface area contributed by atoms with E-state index in [2.05, 4.69) is 15.7 Å². The number of anilines is 1. The van der Waals surface area contributed by atoms with E-state index in [1.165, 1.54) is 6.92 Å². The van der Waals surface area contributed by atoms with Gasteiger partial charge >= 0.3 is 0 Å². The summed E-state index contributed by atoms with van der Waals surface area (Å²) in [6, 6.07) is 20.6. The van der Waals surface area contributed by atoms with Gasteiger partial charge in [-0.1, -0.05) is 24.3 Å². The van der Waals surface area contributed by atoms with E-state index in [9.17, 15) is 9.59 Å². The summed E-state index contributed by atoms with van der Waals surface area (Å²) < 4.78 is 9.18. The van der Waals surface area contributed by atoms with Crippen LogP contribution in [0.15, 0.2) is 79.1 Å². The van der Waals surface area contributed by atoms with Gasteiger partial charge < -0.3 is 19.9 Å². The molecule has 0 fully saturated rings. The number of carbonyl (C=O) groups excluding carboxylic acids is 2. The molecule has 2 heterocycles. The standard InChI is InChI=1S/C28H26N6O3/c1-18(35)31-23-15-20(28(36)29-17-19-9-11-21(12-10-19)34-14-6-13-30-34)16-24-26(23)33(2)27(32-24)22-7-4-5-8-25(22)37-3/h4-16H,17H2,1-3H3,(H,29,36)(H,31,35). The van der Waals surface area contributed by atoms with Gasteiger partial charge in [-0.2, -0.15) is 5.10 Å². The van der Waals surface area contributed by atoms with Crippen molar-refractivity contribution in [3.63, 3.8) is 0 Å². The first kappa shape index (κ1) is 23.8. The number of nitrogens with zero attached hydrogens (tertiary/aromatic N) is 4. The highest BCUT2D eigenvalue weighted by Gasteiger charge is 2.19. The number of hydrogen-bond donors (Lipinski definition) is 2. The van der Waals surface area contributed by atoms with Gasteiger partial charge in [0, 0.05) is 38.5 Å². The molecule has 0 unspecified atom stereocenters. The summed E-state index contributed by atoms with van der Waals surface area (Å²) in [6.45, 7) is 1.78. The second-order valence-corrected chi connectivity index (χ2v) is 8.57. The van der Waals surface area contributed by atoms with Crippen molar-refractivity contribution in [3.05, 3.63) is 90.3 Å². The molecule has 0 saturated carbocycles. The molecule has 2 N–H and O–H groups in total. The molecule has 186 valence electrons. The monoisotopic (exact) mass is 494 g/mol. The zero-order valence-electron chi connectivity index (χ0n) is 20.7. The van der Waals surface area contributed by atoms with Gasteiger partial charge in [0.05, 0.1) is 35.1 Å². The lowest BCUT2D eigenvalue weighted by molar-refractivity contribution is -0.114. The van der Waals surface area contributed by atoms with Gasteiger partial charge in [-0.25, -0.2) is 9.67 Å². The highest BCUT2D eigenvalue weighted by atomic mass is 16.5. The van der Waals surface area contributed by atoms with Crippen LogP contribution in [0.5, 0.6) is 5.75 Å². The minimum Gasteiger partial charge on any atom is -0.496 e. The zero-order chi connectivity index (χ0) is 25.9. The summed E-state index contributed by atoms with van der Waals surface area (Å²) in [6.07, 6.45) is 3.59. The van der Waals surface area contributed by atoms with Crippen molar-refractivity contribution in [2.24, 2.45) is 7.05 Å². The number of amides is 2. The van der Waals surface area contributed by atoms with E-state index < -0.39 is 0 Å². The van der Waals surface area contributed by atoms with Crippen molar-refractivity contribution in [2.75, 3.05) is 12.4 Å². The largest absolute Gasteiger partial charge is 0.496 e. The van der Waals surface area contributed by atoms with Gasteiger partial charge in [0.15, 0.2) is 0 Å². The number of para-hydroxylation sites is 1. The van der Waals surface area contributed by atoms with E-state index in [4.69, 9.17) is 9.72 Å². The number of carbonyl (C=O) groups is 2. The predicted molar refractivity (Wildman–Crippen MR) is 142 cm³/mol. The normalized spacial score (nSPS) is 10.9. The molecular formula is C28H26N6O3. The van der Waals surface area contributed by atoms with Crippen molar-refractivity contribution in [1.29, 1.82) is 0 Å². The molecule has 3 aromatic carbocycles. The zero-order valence-corrected chi connectivity index (χ0v) is 20.7. The van der Waals surface area contributed by atoms with Crippen LogP contribution in [0.4, 0.5) is 5.69 Å². The molecule has 5 aromatic rings. The van der Waals surface area contributed by atoms with E-state index in [1.807, 2.05) is 72.4 Å². The first-order valence-electron chi connectivity index (χ1n) is 11.7. The third-order valence-electron chi connectivity index (χ3n) is 6.05. The van der Waals surface area contributed by atoms with Gasteiger partial charge in [0.25, 0.3) is 5.91 Å². The lowest BCUT2D eigenvalue weighted by atomic mass is 10.1. The molecule has 0 atom stereocenters. The van der Waals surface area contributed by atoms with Crippen LogP contribution in [0, 0.1) is 0 Å². The van der Waals surface area contributed by atoms with Crippen LogP contribution in [0.3, 0.4) is 0 Å². The van der Waals surface area contributed by atoms with Crippen molar-refractivity contribution in [1.82, 2.24) is 24.6 Å². The summed E-state index contributed by atoms with van der Waals surface area (Å²) >= 11 is 0. The Morgan fingerprint density at radius 2 is 1.81 bits per heavy atom. The molecule has 2 amide bonds. The van der Waals surface area contributed by atoms with E-state index in [0.717, 1.165) is 16.8 Å². The van der Waals surface area contributed by atoms with Gasteiger partial charge in [0.1, 0.15) is 11.6 Å². The fourth-order valence-electron chi connectivity index (χ4n) is 4.31. The number of hydrogen-bond acceptors (Lipinski definition) is 5. The Morgan fingerprint density at radius 1 is 1.03 bits per heavy atom. The Kier molecular flexibility index (Phi) is 6.42. The Balaban J connectivity index is 1.44. The molecule has 2 aromatic heterocycles. The van der Waals surface area contributed by atoms with Gasteiger partial charge in [-0.05, 0) is 48.0 Å². The Hall–Kier alpha value is -4.92. The van der Waals surface area contributed by atoms with Crippen molar-refractivity contribution < 1.29 is 14.3 Å². The molecular weight excluding hydrogens is 468 g/mol. The number of aryl methyl sites for hydroxylation is 1. The number of imidazole rings is 1. The van der Waals surface area contributed by atoms with Crippen LogP contribution in [-0.2, 0) is 18.4 Å². The average Bonchev–Trinajstić information content (AvgIpc) is 3.56. The molecule has 0 radical (unpaired) electrons. The van der Waals surface area contributed by atoms with Crippen LogP contribution in [0.25, 0.3) is 28.1 Å². The maximum atomic E-state index is 13.1. The third-order valence-corrected chi connectivity index (χ3v) is 6.05. The van der Waals surface area contributed by atoms with Crippen LogP contribution < -0.4 is 15.4 Å². The maximum absolute atomic E-state index is 13.1. The lowest BCUT2D eigenvalue weighted by Gasteiger charge is -2.11. The molecule has 0 aliphatic heterocycles. The molecule has 0 aliphatic carbocycles. The van der Waals surface area contributed by atoms with Crippen LogP contribution in [0.1, 0.15) is 22.8 Å². The summed E-state index contributed by atoms with van der Waals surface area (Å²) in [5, 5.41) is 10.0. The quantitative estimate of drug-likeness (QED) is 0.351. The van der Waals surface area contributed by atoms with Crippen molar-refractivity contribution in [3.8, 4) is 22.8 Å². The second kappa shape index (κ2) is 9.98. The van der Waals surface area contributed by atoms with Gasteiger partial charge in [0.2, 0.25) is 5.91 Å². The summed E-state index contributed by atoms with van der Waals surface area (Å²) in [4.78, 5) is 29.9. The summed E-state index contributed by atoms with van der Waals surface area (Å²) in [7, 11) is 3.48. The first-order valence-corrected chi connectivity index (χ1v) is 11.7. The molecule has 0 saturated heterocycles. The number of fused-ring (bicyclic) bond motifs is 1. The van der Waals surface area contributed by atoms with E-state index in [-0.39, 0.29) is 11.8 Å². The van der Waals surface area contributed by atoms with E-state index >= 15 is 0 Å². The number of rotatable bonds is 7. The minimum absolute atomic E-state index is 0.240. The maximum Gasteiger partial charge on any atom is 0.251 e. The number of nitrogens with one attached hydrogen (secondary N) is 2. The van der Waals surface area contributed by atoms with Crippen molar-refractivity contribution in [2.45, 2.75) is 13.5 Å². The lowest BCUT2D eigenvalue weighted by Crippen LogP contribution is -2.23. The van der Waals surface area contributed by atoms with E-state index in [0.29, 0.717) is 40.4 Å². The van der Waals surface area contributed by atoms with Crippen LogP contribution in [-0.4, -0.2) is 38.3 Å². The predicted octanol–water partition coefficient (Wildman–Crippen LogP) is 4.32. The third kappa shape index (κ3) is 4.79. The number of benzene rings is 3. The van der Waals surface area contributed by atoms with Gasteiger partial charge in [-0.15, -0.1) is 0 Å². The molecule has 9 heteroatoms. The van der Waals surface area contributed by atoms with Crippen LogP contribution >= 0.6 is 0 Å². The van der Waals surface area contributed by atoms with Crippen molar-refractivity contribution >= 4 is 28.5 Å².